The summed E-state index contributed by atoms with van der Waals surface area (Å²) in [4.78, 5) is 15.5. The van der Waals surface area contributed by atoms with Crippen molar-refractivity contribution in [3.05, 3.63) is 47.0 Å². The predicted molar refractivity (Wildman–Crippen MR) is 110 cm³/mol. The number of nitrogens with zero attached hydrogens (tertiary/aromatic N) is 1. The monoisotopic (exact) mass is 396 g/mol. The molecule has 142 valence electrons. The minimum absolute atomic E-state index is 0. The van der Waals surface area contributed by atoms with E-state index in [1.165, 1.54) is 0 Å². The molecule has 0 aliphatic rings. The highest BCUT2D eigenvalue weighted by atomic mass is 35.5. The lowest BCUT2D eigenvalue weighted by Crippen LogP contribution is -2.27. The maximum atomic E-state index is 12.8. The van der Waals surface area contributed by atoms with Crippen LogP contribution in [-0.4, -0.2) is 38.3 Å². The van der Waals surface area contributed by atoms with E-state index in [9.17, 15) is 4.79 Å². The summed E-state index contributed by atoms with van der Waals surface area (Å²) in [7, 11) is 5.00. The lowest BCUT2D eigenvalue weighted by molar-refractivity contribution is 0.0783. The fourth-order valence-electron chi connectivity index (χ4n) is 2.62. The van der Waals surface area contributed by atoms with Gasteiger partial charge in [0.05, 0.1) is 14.2 Å². The number of halogens is 1. The third-order valence-electron chi connectivity index (χ3n) is 4.03. The zero-order chi connectivity index (χ0) is 18.6. The summed E-state index contributed by atoms with van der Waals surface area (Å²) in [5, 5.41) is 0. The predicted octanol–water partition coefficient (Wildman–Crippen LogP) is 4.01. The molecule has 7 heteroatoms. The van der Waals surface area contributed by atoms with Crippen molar-refractivity contribution in [2.75, 3.05) is 33.3 Å². The summed E-state index contributed by atoms with van der Waals surface area (Å²) < 4.78 is 10.7. The maximum Gasteiger partial charge on any atom is 0.254 e. The second-order valence-corrected chi connectivity index (χ2v) is 6.60. The van der Waals surface area contributed by atoms with Gasteiger partial charge in [-0.15, -0.1) is 24.2 Å². The van der Waals surface area contributed by atoms with E-state index in [0.717, 1.165) is 16.0 Å². The van der Waals surface area contributed by atoms with E-state index in [2.05, 4.69) is 0 Å². The van der Waals surface area contributed by atoms with Gasteiger partial charge in [0.1, 0.15) is 0 Å². The molecule has 1 amide bonds. The van der Waals surface area contributed by atoms with E-state index in [0.29, 0.717) is 29.3 Å². The first-order valence-electron chi connectivity index (χ1n) is 7.81. The molecular weight excluding hydrogens is 372 g/mol. The largest absolute Gasteiger partial charge is 0.493 e. The minimum Gasteiger partial charge on any atom is -0.493 e. The molecule has 0 heterocycles. The van der Waals surface area contributed by atoms with E-state index in [1.54, 1.807) is 50.1 Å². The van der Waals surface area contributed by atoms with Crippen LogP contribution in [0.2, 0.25) is 0 Å². The number of ether oxygens (including phenoxy) is 2. The van der Waals surface area contributed by atoms with Crippen LogP contribution in [0.25, 0.3) is 0 Å². The first kappa shape index (κ1) is 22.0. The molecule has 2 aromatic carbocycles. The lowest BCUT2D eigenvalue weighted by Gasteiger charge is -2.21. The quantitative estimate of drug-likeness (QED) is 0.590. The zero-order valence-electron chi connectivity index (χ0n) is 15.7. The molecule has 0 saturated heterocycles. The van der Waals surface area contributed by atoms with E-state index < -0.39 is 0 Å². The van der Waals surface area contributed by atoms with Gasteiger partial charge in [-0.1, -0.05) is 6.07 Å². The molecule has 0 spiro atoms. The second kappa shape index (κ2) is 9.59. The highest BCUT2D eigenvalue weighted by Gasteiger charge is 2.18. The van der Waals surface area contributed by atoms with E-state index >= 15 is 0 Å². The van der Waals surface area contributed by atoms with Crippen LogP contribution < -0.4 is 15.2 Å². The van der Waals surface area contributed by atoms with Gasteiger partial charge in [0.2, 0.25) is 0 Å². The van der Waals surface area contributed by atoms with Crippen LogP contribution in [0.15, 0.2) is 35.2 Å². The molecule has 0 bridgehead atoms. The first-order valence-corrected chi connectivity index (χ1v) is 9.04. The highest BCUT2D eigenvalue weighted by molar-refractivity contribution is 7.98. The number of rotatable bonds is 6. The number of thioether (sulfide) groups is 1. The Balaban J connectivity index is 0.00000338. The first-order chi connectivity index (χ1) is 11.9. The van der Waals surface area contributed by atoms with Crippen LogP contribution in [-0.2, 0) is 6.54 Å². The van der Waals surface area contributed by atoms with Crippen LogP contribution in [0, 0.1) is 6.92 Å². The van der Waals surface area contributed by atoms with Crippen LogP contribution in [0.4, 0.5) is 5.69 Å². The third-order valence-corrected chi connectivity index (χ3v) is 4.85. The van der Waals surface area contributed by atoms with Crippen molar-refractivity contribution in [1.29, 1.82) is 0 Å². The number of hydrogen-bond acceptors (Lipinski definition) is 5. The molecule has 2 N–H and O–H groups in total. The van der Waals surface area contributed by atoms with Gasteiger partial charge >= 0.3 is 0 Å². The van der Waals surface area contributed by atoms with Crippen molar-refractivity contribution < 1.29 is 14.3 Å². The summed E-state index contributed by atoms with van der Waals surface area (Å²) in [6, 6.07) is 9.23. The summed E-state index contributed by atoms with van der Waals surface area (Å²) in [6.07, 6.45) is 1.99. The summed E-state index contributed by atoms with van der Waals surface area (Å²) in [5.74, 6) is 1.26. The van der Waals surface area contributed by atoms with Gasteiger partial charge in [-0.2, -0.15) is 0 Å². The van der Waals surface area contributed by atoms with Crippen LogP contribution in [0.1, 0.15) is 21.5 Å². The van der Waals surface area contributed by atoms with Gasteiger partial charge < -0.3 is 20.1 Å². The number of carbonyl (C=O) groups is 1. The summed E-state index contributed by atoms with van der Waals surface area (Å²) in [5.41, 5.74) is 8.94. The van der Waals surface area contributed by atoms with Crippen molar-refractivity contribution >= 4 is 35.8 Å². The molecule has 0 radical (unpaired) electrons. The maximum absolute atomic E-state index is 12.8. The van der Waals surface area contributed by atoms with Gasteiger partial charge in [-0.05, 0) is 48.6 Å². The average molecular weight is 397 g/mol. The fourth-order valence-corrected chi connectivity index (χ4v) is 3.23. The van der Waals surface area contributed by atoms with E-state index in [-0.39, 0.29) is 18.3 Å². The molecule has 0 aliphatic carbocycles. The van der Waals surface area contributed by atoms with Crippen molar-refractivity contribution in [3.8, 4) is 11.5 Å². The molecule has 0 fully saturated rings. The Morgan fingerprint density at radius 1 is 1.15 bits per heavy atom. The Morgan fingerprint density at radius 2 is 1.77 bits per heavy atom. The number of amides is 1. The second-order valence-electron chi connectivity index (χ2n) is 5.75. The van der Waals surface area contributed by atoms with Crippen molar-refractivity contribution in [2.45, 2.75) is 18.4 Å². The molecule has 5 nitrogen and oxygen atoms in total. The van der Waals surface area contributed by atoms with Gasteiger partial charge in [-0.3, -0.25) is 4.79 Å². The third kappa shape index (κ3) is 4.77. The van der Waals surface area contributed by atoms with Gasteiger partial charge in [-0.25, -0.2) is 0 Å². The molecule has 2 aromatic rings. The van der Waals surface area contributed by atoms with Crippen molar-refractivity contribution in [2.24, 2.45) is 0 Å². The Bertz CT molecular complexity index is 784. The smallest absolute Gasteiger partial charge is 0.254 e. The number of hydrogen-bond donors (Lipinski definition) is 1. The molecular formula is C19H25ClN2O3S. The number of aryl methyl sites for hydroxylation is 1. The van der Waals surface area contributed by atoms with Crippen molar-refractivity contribution in [1.82, 2.24) is 4.90 Å². The minimum atomic E-state index is -0.0633. The van der Waals surface area contributed by atoms with Crippen LogP contribution in [0.5, 0.6) is 11.5 Å². The Kier molecular flexibility index (Phi) is 8.11. The molecule has 0 aromatic heterocycles. The fraction of sp³-hybridized carbons (Fsp3) is 0.316. The highest BCUT2D eigenvalue weighted by Crippen LogP contribution is 2.35. The Hall–Kier alpha value is -2.05. The Labute approximate surface area is 165 Å². The lowest BCUT2D eigenvalue weighted by atomic mass is 10.1. The topological polar surface area (TPSA) is 64.8 Å². The number of methoxy groups -OCH3 is 2. The molecule has 26 heavy (non-hydrogen) atoms. The van der Waals surface area contributed by atoms with Crippen molar-refractivity contribution in [3.63, 3.8) is 0 Å². The number of benzene rings is 2. The zero-order valence-corrected chi connectivity index (χ0v) is 17.3. The van der Waals surface area contributed by atoms with Crippen LogP contribution in [0.3, 0.4) is 0 Å². The number of carbonyl (C=O) groups excluding carboxylic acids is 1. The van der Waals surface area contributed by atoms with Gasteiger partial charge in [0.15, 0.2) is 11.5 Å². The molecule has 0 unspecified atom stereocenters. The molecule has 0 saturated carbocycles. The summed E-state index contributed by atoms with van der Waals surface area (Å²) in [6.45, 7) is 2.37. The molecule has 2 rings (SSSR count). The van der Waals surface area contributed by atoms with E-state index in [1.807, 2.05) is 31.4 Å². The number of anilines is 1. The normalized spacial score (nSPS) is 10.0. The molecule has 0 aliphatic heterocycles. The standard InChI is InChI=1S/C19H24N2O3S.ClH/c1-12-6-7-14(20)9-15(12)19(22)21(2)11-13-8-16(23-3)17(24-4)10-18(13)25-5;/h6-10H,11,20H2,1-5H3;1H. The average Bonchev–Trinajstić information content (AvgIpc) is 2.62. The summed E-state index contributed by atoms with van der Waals surface area (Å²) >= 11 is 1.61. The molecule has 0 atom stereocenters. The van der Waals surface area contributed by atoms with Gasteiger partial charge in [0.25, 0.3) is 5.91 Å². The van der Waals surface area contributed by atoms with Gasteiger partial charge in [0, 0.05) is 29.7 Å². The number of nitrogen functional groups attached to an aromatic ring is 1. The van der Waals surface area contributed by atoms with Crippen LogP contribution >= 0.6 is 24.2 Å². The number of nitrogens with two attached hydrogens (primary N) is 1. The Morgan fingerprint density at radius 3 is 2.35 bits per heavy atom. The SMILES string of the molecule is COc1cc(CN(C)C(=O)c2cc(N)ccc2C)c(SC)cc1OC.Cl. The van der Waals surface area contributed by atoms with E-state index in [4.69, 9.17) is 15.2 Å².